The van der Waals surface area contributed by atoms with Gasteiger partial charge in [0.2, 0.25) is 0 Å². The molecule has 0 fully saturated rings. The monoisotopic (exact) mass is 230 g/mol. The largest absolute Gasteiger partial charge is 0.417 e. The van der Waals surface area contributed by atoms with Crippen LogP contribution in [0, 0.1) is 0 Å². The van der Waals surface area contributed by atoms with Crippen LogP contribution >= 0.6 is 0 Å². The summed E-state index contributed by atoms with van der Waals surface area (Å²) in [4.78, 5) is 0. The van der Waals surface area contributed by atoms with E-state index in [4.69, 9.17) is 4.43 Å². The van der Waals surface area contributed by atoms with Crippen molar-refractivity contribution in [3.8, 4) is 0 Å². The molecule has 1 unspecified atom stereocenters. The van der Waals surface area contributed by atoms with E-state index < -0.39 is 8.32 Å². The molecule has 0 aliphatic rings. The Morgan fingerprint density at radius 2 is 1.93 bits per heavy atom. The Bertz CT molecular complexity index is 194. The van der Waals surface area contributed by atoms with Gasteiger partial charge >= 0.3 is 0 Å². The molecule has 3 heteroatoms. The van der Waals surface area contributed by atoms with Crippen LogP contribution in [0.1, 0.15) is 33.6 Å². The molecule has 0 saturated heterocycles. The van der Waals surface area contributed by atoms with Gasteiger partial charge in [0, 0.05) is 6.61 Å². The molecule has 0 amide bonds. The lowest BCUT2D eigenvalue weighted by Gasteiger charge is -2.36. The van der Waals surface area contributed by atoms with Crippen molar-refractivity contribution < 1.29 is 9.53 Å². The summed E-state index contributed by atoms with van der Waals surface area (Å²) in [5, 5.41) is 9.55. The second-order valence-electron chi connectivity index (χ2n) is 5.55. The molecule has 0 aromatic carbocycles. The molecule has 0 aromatic rings. The predicted octanol–water partition coefficient (Wildman–Crippen LogP) is 3.34. The number of aliphatic hydroxyl groups excluding tert-OH is 1. The first-order valence-corrected chi connectivity index (χ1v) is 8.56. The summed E-state index contributed by atoms with van der Waals surface area (Å²) in [7, 11) is -1.59. The molecule has 1 atom stereocenters. The van der Waals surface area contributed by atoms with E-state index in [-0.39, 0.29) is 11.1 Å². The van der Waals surface area contributed by atoms with Crippen LogP contribution in [-0.4, -0.2) is 26.1 Å². The standard InChI is InChI=1S/C12H26O2Si/c1-7-11(13)9-8-10-14-15(5,6)12(2,3)4/h7,11,13H,1,8-10H2,2-6H3. The average molecular weight is 230 g/mol. The fourth-order valence-corrected chi connectivity index (χ4v) is 2.04. The third-order valence-electron chi connectivity index (χ3n) is 3.19. The number of rotatable bonds is 6. The van der Waals surface area contributed by atoms with Crippen LogP contribution in [0.15, 0.2) is 12.7 Å². The summed E-state index contributed by atoms with van der Waals surface area (Å²) in [6.45, 7) is 15.5. The summed E-state index contributed by atoms with van der Waals surface area (Å²) >= 11 is 0. The van der Waals surface area contributed by atoms with Crippen molar-refractivity contribution in [2.75, 3.05) is 6.61 Å². The van der Waals surface area contributed by atoms with Gasteiger partial charge in [-0.15, -0.1) is 6.58 Å². The van der Waals surface area contributed by atoms with Gasteiger partial charge < -0.3 is 9.53 Å². The Labute approximate surface area is 95.5 Å². The van der Waals surface area contributed by atoms with Crippen LogP contribution in [0.5, 0.6) is 0 Å². The molecule has 0 bridgehead atoms. The minimum Gasteiger partial charge on any atom is -0.417 e. The molecular formula is C12H26O2Si. The number of hydrogen-bond acceptors (Lipinski definition) is 2. The summed E-state index contributed by atoms with van der Waals surface area (Å²) in [5.74, 6) is 0. The molecule has 0 aliphatic carbocycles. The van der Waals surface area contributed by atoms with Gasteiger partial charge in [0.1, 0.15) is 0 Å². The smallest absolute Gasteiger partial charge is 0.191 e. The molecule has 90 valence electrons. The highest BCUT2D eigenvalue weighted by Gasteiger charge is 2.36. The molecular weight excluding hydrogens is 204 g/mol. The van der Waals surface area contributed by atoms with E-state index in [1.165, 1.54) is 0 Å². The summed E-state index contributed by atoms with van der Waals surface area (Å²) in [6.07, 6.45) is 2.84. The van der Waals surface area contributed by atoms with Gasteiger partial charge in [0.05, 0.1) is 6.10 Å². The van der Waals surface area contributed by atoms with E-state index in [2.05, 4.69) is 40.4 Å². The van der Waals surface area contributed by atoms with Gasteiger partial charge in [0.25, 0.3) is 0 Å². The molecule has 2 nitrogen and oxygen atoms in total. The Kier molecular flexibility index (Phi) is 5.78. The van der Waals surface area contributed by atoms with Crippen molar-refractivity contribution in [1.82, 2.24) is 0 Å². The minimum absolute atomic E-state index is 0.268. The van der Waals surface area contributed by atoms with Crippen LogP contribution in [0.25, 0.3) is 0 Å². The second kappa shape index (κ2) is 5.82. The minimum atomic E-state index is -1.59. The topological polar surface area (TPSA) is 29.5 Å². The lowest BCUT2D eigenvalue weighted by Crippen LogP contribution is -2.41. The highest BCUT2D eigenvalue weighted by molar-refractivity contribution is 6.74. The van der Waals surface area contributed by atoms with E-state index in [1.54, 1.807) is 6.08 Å². The van der Waals surface area contributed by atoms with E-state index in [0.29, 0.717) is 0 Å². The highest BCUT2D eigenvalue weighted by atomic mass is 28.4. The maximum absolute atomic E-state index is 9.28. The maximum Gasteiger partial charge on any atom is 0.191 e. The molecule has 15 heavy (non-hydrogen) atoms. The normalized spacial score (nSPS) is 15.1. The van der Waals surface area contributed by atoms with E-state index in [0.717, 1.165) is 19.4 Å². The second-order valence-corrected chi connectivity index (χ2v) is 10.4. The fraction of sp³-hybridized carbons (Fsp3) is 0.833. The maximum atomic E-state index is 9.28. The Morgan fingerprint density at radius 3 is 2.33 bits per heavy atom. The van der Waals surface area contributed by atoms with Gasteiger partial charge in [-0.05, 0) is 31.0 Å². The zero-order valence-electron chi connectivity index (χ0n) is 10.8. The first-order chi connectivity index (χ1) is 6.70. The Morgan fingerprint density at radius 1 is 1.40 bits per heavy atom. The molecule has 1 N–H and O–H groups in total. The van der Waals surface area contributed by atoms with E-state index >= 15 is 0 Å². The van der Waals surface area contributed by atoms with Gasteiger partial charge in [-0.3, -0.25) is 0 Å². The third kappa shape index (κ3) is 5.49. The Hall–Kier alpha value is -0.123. The van der Waals surface area contributed by atoms with Crippen LogP contribution < -0.4 is 0 Å². The van der Waals surface area contributed by atoms with Crippen LogP contribution in [0.2, 0.25) is 18.1 Å². The molecule has 0 radical (unpaired) electrons. The van der Waals surface area contributed by atoms with Crippen LogP contribution in [-0.2, 0) is 4.43 Å². The van der Waals surface area contributed by atoms with Crippen molar-refractivity contribution in [3.05, 3.63) is 12.7 Å². The van der Waals surface area contributed by atoms with Crippen molar-refractivity contribution in [1.29, 1.82) is 0 Å². The fourth-order valence-electron chi connectivity index (χ4n) is 0.954. The molecule has 0 aromatic heterocycles. The van der Waals surface area contributed by atoms with E-state index in [1.807, 2.05) is 0 Å². The summed E-state index contributed by atoms with van der Waals surface area (Å²) < 4.78 is 5.98. The van der Waals surface area contributed by atoms with Crippen LogP contribution in [0.3, 0.4) is 0 Å². The molecule has 0 rings (SSSR count). The van der Waals surface area contributed by atoms with E-state index in [9.17, 15) is 5.11 Å². The quantitative estimate of drug-likeness (QED) is 0.431. The lowest BCUT2D eigenvalue weighted by molar-refractivity contribution is 0.191. The van der Waals surface area contributed by atoms with Crippen molar-refractivity contribution in [3.63, 3.8) is 0 Å². The number of aliphatic hydroxyl groups is 1. The first-order valence-electron chi connectivity index (χ1n) is 5.65. The van der Waals surface area contributed by atoms with Gasteiger partial charge in [-0.2, -0.15) is 0 Å². The van der Waals surface area contributed by atoms with Crippen molar-refractivity contribution in [2.45, 2.75) is 57.8 Å². The molecule has 0 heterocycles. The van der Waals surface area contributed by atoms with Crippen molar-refractivity contribution in [2.24, 2.45) is 0 Å². The molecule has 0 aliphatic heterocycles. The summed E-state index contributed by atoms with van der Waals surface area (Å²) in [5.41, 5.74) is 0. The lowest BCUT2D eigenvalue weighted by atomic mass is 10.2. The zero-order valence-corrected chi connectivity index (χ0v) is 11.8. The predicted molar refractivity (Wildman–Crippen MR) is 68.6 cm³/mol. The first kappa shape index (κ1) is 14.9. The van der Waals surface area contributed by atoms with Gasteiger partial charge in [0.15, 0.2) is 8.32 Å². The third-order valence-corrected chi connectivity index (χ3v) is 7.72. The van der Waals surface area contributed by atoms with Crippen LogP contribution in [0.4, 0.5) is 0 Å². The average Bonchev–Trinajstić information content (AvgIpc) is 2.10. The zero-order chi connectivity index (χ0) is 12.1. The van der Waals surface area contributed by atoms with Gasteiger partial charge in [-0.1, -0.05) is 26.8 Å². The number of hydrogen-bond donors (Lipinski definition) is 1. The SMILES string of the molecule is C=CC(O)CCCO[Si](C)(C)C(C)(C)C. The molecule has 0 saturated carbocycles. The molecule has 0 spiro atoms. The summed E-state index contributed by atoms with van der Waals surface area (Å²) in [6, 6.07) is 0. The van der Waals surface area contributed by atoms with Crippen molar-refractivity contribution >= 4 is 8.32 Å². The van der Waals surface area contributed by atoms with Gasteiger partial charge in [-0.25, -0.2) is 0 Å². The highest BCUT2D eigenvalue weighted by Crippen LogP contribution is 2.36. The Balaban J connectivity index is 3.81.